The minimum absolute atomic E-state index is 0.00344. The van der Waals surface area contributed by atoms with Crippen molar-refractivity contribution < 1.29 is 27.5 Å². The van der Waals surface area contributed by atoms with Crippen LogP contribution in [0.4, 0.5) is 5.69 Å². The van der Waals surface area contributed by atoms with Crippen LogP contribution in [0.1, 0.15) is 57.6 Å². The van der Waals surface area contributed by atoms with E-state index in [1.54, 1.807) is 23.1 Å². The van der Waals surface area contributed by atoms with Gasteiger partial charge in [0.1, 0.15) is 19.3 Å². The number of hydrogen-bond acceptors (Lipinski definition) is 6. The van der Waals surface area contributed by atoms with E-state index in [1.165, 1.54) is 4.31 Å². The summed E-state index contributed by atoms with van der Waals surface area (Å²) in [6, 6.07) is 12.2. The highest BCUT2D eigenvalue weighted by molar-refractivity contribution is 7.92. The number of sulfonamides is 1. The number of nitrogens with one attached hydrogen (secondary N) is 1. The van der Waals surface area contributed by atoms with Gasteiger partial charge in [0.05, 0.1) is 11.9 Å². The molecule has 2 amide bonds. The normalized spacial score (nSPS) is 14.3. The molecule has 2 atom stereocenters. The Hall–Kier alpha value is -3.27. The average molecular weight is 560 g/mol. The van der Waals surface area contributed by atoms with Crippen molar-refractivity contribution in [2.24, 2.45) is 0 Å². The molecule has 0 aromatic heterocycles. The fourth-order valence-corrected chi connectivity index (χ4v) is 5.48. The summed E-state index contributed by atoms with van der Waals surface area (Å²) in [5.74, 6) is 0.690. The summed E-state index contributed by atoms with van der Waals surface area (Å²) in [6.45, 7) is 9.06. The number of fused-ring (bicyclic) bond motifs is 1. The van der Waals surface area contributed by atoms with E-state index in [0.29, 0.717) is 43.4 Å². The second-order valence-corrected chi connectivity index (χ2v) is 11.9. The van der Waals surface area contributed by atoms with Crippen molar-refractivity contribution in [2.75, 3.05) is 30.3 Å². The van der Waals surface area contributed by atoms with Gasteiger partial charge in [0, 0.05) is 31.6 Å². The maximum absolute atomic E-state index is 13.6. The van der Waals surface area contributed by atoms with E-state index >= 15 is 0 Å². The first-order valence-corrected chi connectivity index (χ1v) is 15.4. The Morgan fingerprint density at radius 3 is 2.36 bits per heavy atom. The molecule has 1 N–H and O–H groups in total. The van der Waals surface area contributed by atoms with Crippen LogP contribution in [0, 0.1) is 6.92 Å². The molecule has 0 fully saturated rings. The Kier molecular flexibility index (Phi) is 10.6. The Labute approximate surface area is 232 Å². The first kappa shape index (κ1) is 30.3. The first-order valence-electron chi connectivity index (χ1n) is 13.6. The molecule has 1 heterocycles. The number of aryl methyl sites for hydroxylation is 1. The molecule has 2 aromatic carbocycles. The Morgan fingerprint density at radius 1 is 1.03 bits per heavy atom. The molecule has 9 nitrogen and oxygen atoms in total. The summed E-state index contributed by atoms with van der Waals surface area (Å²) < 4.78 is 37.8. The van der Waals surface area contributed by atoms with Crippen molar-refractivity contribution in [1.29, 1.82) is 0 Å². The lowest BCUT2D eigenvalue weighted by molar-refractivity contribution is -0.141. The van der Waals surface area contributed by atoms with Gasteiger partial charge >= 0.3 is 0 Å². The van der Waals surface area contributed by atoms with Crippen molar-refractivity contribution in [1.82, 2.24) is 10.2 Å². The van der Waals surface area contributed by atoms with E-state index in [2.05, 4.69) is 5.32 Å². The third-order valence-electron chi connectivity index (χ3n) is 6.95. The summed E-state index contributed by atoms with van der Waals surface area (Å²) in [5.41, 5.74) is 2.45. The van der Waals surface area contributed by atoms with Gasteiger partial charge in [0.25, 0.3) is 0 Å². The van der Waals surface area contributed by atoms with Crippen LogP contribution >= 0.6 is 0 Å². The van der Waals surface area contributed by atoms with Gasteiger partial charge < -0.3 is 19.7 Å². The molecule has 1 aliphatic heterocycles. The molecular formula is C29H41N3O6S. The van der Waals surface area contributed by atoms with E-state index in [0.717, 1.165) is 23.8 Å². The molecule has 3 rings (SSSR count). The number of carbonyl (C=O) groups excluding carboxylic acids is 2. The molecular weight excluding hydrogens is 518 g/mol. The van der Waals surface area contributed by atoms with Crippen molar-refractivity contribution in [2.45, 2.75) is 72.0 Å². The predicted molar refractivity (Wildman–Crippen MR) is 153 cm³/mol. The number of anilines is 1. The predicted octanol–water partition coefficient (Wildman–Crippen LogP) is 4.03. The van der Waals surface area contributed by atoms with E-state index < -0.39 is 16.1 Å². The number of benzene rings is 2. The summed E-state index contributed by atoms with van der Waals surface area (Å²) in [6.07, 6.45) is 2.77. The van der Waals surface area contributed by atoms with Crippen LogP contribution in [0.3, 0.4) is 0 Å². The van der Waals surface area contributed by atoms with Crippen LogP contribution < -0.4 is 19.1 Å². The average Bonchev–Trinajstić information content (AvgIpc) is 2.90. The largest absolute Gasteiger partial charge is 0.486 e. The zero-order valence-electron chi connectivity index (χ0n) is 23.6. The molecule has 0 aliphatic carbocycles. The SMILES string of the molecule is CC[C@@H](C)NC(=O)[C@@H](CC)N(Cc1ccccc1C)C(=O)CCCN(c1ccc2c(c1)OCCO2)S(C)(=O)=O. The second kappa shape index (κ2) is 13.7. The van der Waals surface area contributed by atoms with Crippen LogP contribution in [-0.4, -0.2) is 63.2 Å². The third kappa shape index (κ3) is 8.11. The van der Waals surface area contributed by atoms with Gasteiger partial charge in [-0.25, -0.2) is 8.42 Å². The number of nitrogens with zero attached hydrogens (tertiary/aromatic N) is 2. The molecule has 39 heavy (non-hydrogen) atoms. The minimum atomic E-state index is -3.62. The van der Waals surface area contributed by atoms with E-state index in [1.807, 2.05) is 52.0 Å². The van der Waals surface area contributed by atoms with E-state index in [9.17, 15) is 18.0 Å². The van der Waals surface area contributed by atoms with Crippen LogP contribution in [0.2, 0.25) is 0 Å². The molecule has 2 aromatic rings. The van der Waals surface area contributed by atoms with Gasteiger partial charge in [0.15, 0.2) is 11.5 Å². The summed E-state index contributed by atoms with van der Waals surface area (Å²) in [7, 11) is -3.62. The Bertz CT molecular complexity index is 1250. The lowest BCUT2D eigenvalue weighted by Gasteiger charge is -2.32. The van der Waals surface area contributed by atoms with Crippen molar-refractivity contribution in [3.05, 3.63) is 53.6 Å². The maximum atomic E-state index is 13.6. The molecule has 0 saturated carbocycles. The topological polar surface area (TPSA) is 105 Å². The van der Waals surface area contributed by atoms with Crippen LogP contribution in [-0.2, 0) is 26.2 Å². The van der Waals surface area contributed by atoms with E-state index in [4.69, 9.17) is 9.47 Å². The molecule has 214 valence electrons. The highest BCUT2D eigenvalue weighted by Crippen LogP contribution is 2.34. The fourth-order valence-electron chi connectivity index (χ4n) is 4.52. The van der Waals surface area contributed by atoms with Gasteiger partial charge in [-0.15, -0.1) is 0 Å². The smallest absolute Gasteiger partial charge is 0.243 e. The van der Waals surface area contributed by atoms with Gasteiger partial charge in [-0.3, -0.25) is 13.9 Å². The molecule has 1 aliphatic rings. The van der Waals surface area contributed by atoms with Crippen LogP contribution in [0.15, 0.2) is 42.5 Å². The lowest BCUT2D eigenvalue weighted by atomic mass is 10.0. The highest BCUT2D eigenvalue weighted by Gasteiger charge is 2.30. The van der Waals surface area contributed by atoms with Gasteiger partial charge in [-0.1, -0.05) is 38.1 Å². The molecule has 0 spiro atoms. The number of ether oxygens (including phenoxy) is 2. The first-order chi connectivity index (χ1) is 18.5. The number of amides is 2. The van der Waals surface area contributed by atoms with Crippen LogP contribution in [0.25, 0.3) is 0 Å². The number of rotatable bonds is 13. The molecule has 0 bridgehead atoms. The summed E-state index contributed by atoms with van der Waals surface area (Å²) in [4.78, 5) is 28.4. The summed E-state index contributed by atoms with van der Waals surface area (Å²) in [5, 5.41) is 3.01. The maximum Gasteiger partial charge on any atom is 0.243 e. The second-order valence-electron chi connectivity index (χ2n) is 9.96. The van der Waals surface area contributed by atoms with Gasteiger partial charge in [0.2, 0.25) is 21.8 Å². The fraction of sp³-hybridized carbons (Fsp3) is 0.517. The van der Waals surface area contributed by atoms with Crippen molar-refractivity contribution in [3.63, 3.8) is 0 Å². The third-order valence-corrected chi connectivity index (χ3v) is 8.15. The van der Waals surface area contributed by atoms with Gasteiger partial charge in [-0.05, 0) is 56.4 Å². The number of hydrogen-bond donors (Lipinski definition) is 1. The highest BCUT2D eigenvalue weighted by atomic mass is 32.2. The molecule has 0 saturated heterocycles. The summed E-state index contributed by atoms with van der Waals surface area (Å²) >= 11 is 0. The monoisotopic (exact) mass is 559 g/mol. The zero-order valence-corrected chi connectivity index (χ0v) is 24.4. The van der Waals surface area contributed by atoms with Crippen LogP contribution in [0.5, 0.6) is 11.5 Å². The van der Waals surface area contributed by atoms with Crippen molar-refractivity contribution >= 4 is 27.5 Å². The van der Waals surface area contributed by atoms with E-state index in [-0.39, 0.29) is 37.2 Å². The quantitative estimate of drug-likeness (QED) is 0.397. The van der Waals surface area contributed by atoms with Crippen molar-refractivity contribution in [3.8, 4) is 11.5 Å². The Balaban J connectivity index is 1.78. The lowest BCUT2D eigenvalue weighted by Crippen LogP contribution is -2.50. The zero-order chi connectivity index (χ0) is 28.6. The molecule has 10 heteroatoms. The standard InChI is InChI=1S/C29H41N3O6S/c1-6-22(4)30-29(34)25(7-2)31(20-23-12-9-8-11-21(23)3)28(33)13-10-16-32(39(5,35)36)24-14-15-26-27(19-24)38-18-17-37-26/h8-9,11-12,14-15,19,22,25H,6-7,10,13,16-18,20H2,1-5H3,(H,30,34)/t22-,25-/m1/s1. The Morgan fingerprint density at radius 2 is 1.72 bits per heavy atom. The minimum Gasteiger partial charge on any atom is -0.486 e. The van der Waals surface area contributed by atoms with Gasteiger partial charge in [-0.2, -0.15) is 0 Å². The number of carbonyl (C=O) groups is 2. The molecule has 0 radical (unpaired) electrons. The molecule has 0 unspecified atom stereocenters.